The van der Waals surface area contributed by atoms with E-state index in [2.05, 4.69) is 24.1 Å². The third kappa shape index (κ3) is 4.28. The van der Waals surface area contributed by atoms with Crippen molar-refractivity contribution in [2.24, 2.45) is 5.92 Å². The van der Waals surface area contributed by atoms with Crippen LogP contribution in [0.2, 0.25) is 0 Å². The zero-order chi connectivity index (χ0) is 13.7. The van der Waals surface area contributed by atoms with Gasteiger partial charge in [0.2, 0.25) is 5.88 Å². The highest BCUT2D eigenvalue weighted by atomic mass is 16.5. The van der Waals surface area contributed by atoms with Crippen LogP contribution in [0.1, 0.15) is 26.7 Å². The minimum absolute atomic E-state index is 0.322. The van der Waals surface area contributed by atoms with Crippen molar-refractivity contribution in [2.75, 3.05) is 30.9 Å². The predicted molar refractivity (Wildman–Crippen MR) is 76.4 cm³/mol. The number of nitrogen functional groups attached to an aromatic ring is 1. The smallest absolute Gasteiger partial charge is 0.239 e. The van der Waals surface area contributed by atoms with Crippen LogP contribution in [0.4, 0.5) is 11.5 Å². The number of nitrogens with zero attached hydrogens (tertiary/aromatic N) is 1. The van der Waals surface area contributed by atoms with Crippen LogP contribution in [0.15, 0.2) is 12.1 Å². The summed E-state index contributed by atoms with van der Waals surface area (Å²) in [4.78, 5) is 4.42. The second kappa shape index (κ2) is 6.61. The molecule has 1 saturated heterocycles. The summed E-state index contributed by atoms with van der Waals surface area (Å²) in [6.07, 6.45) is 2.19. The predicted octanol–water partition coefficient (Wildman–Crippen LogP) is 2.29. The van der Waals surface area contributed by atoms with E-state index in [-0.39, 0.29) is 0 Å². The fourth-order valence-corrected chi connectivity index (χ4v) is 1.96. The zero-order valence-corrected chi connectivity index (χ0v) is 11.7. The monoisotopic (exact) mass is 265 g/mol. The molecule has 1 aromatic rings. The second-order valence-corrected chi connectivity index (χ2v) is 5.35. The highest BCUT2D eigenvalue weighted by Gasteiger charge is 2.14. The number of anilines is 2. The van der Waals surface area contributed by atoms with Crippen molar-refractivity contribution in [1.29, 1.82) is 0 Å². The lowest BCUT2D eigenvalue weighted by Crippen LogP contribution is -2.30. The van der Waals surface area contributed by atoms with Crippen LogP contribution in [0, 0.1) is 5.92 Å². The summed E-state index contributed by atoms with van der Waals surface area (Å²) in [5.41, 5.74) is 6.44. The van der Waals surface area contributed by atoms with Gasteiger partial charge in [-0.25, -0.2) is 0 Å². The van der Waals surface area contributed by atoms with E-state index in [1.165, 1.54) is 0 Å². The molecule has 0 aliphatic carbocycles. The fourth-order valence-electron chi connectivity index (χ4n) is 1.96. The number of nitrogens with two attached hydrogens (primary N) is 1. The van der Waals surface area contributed by atoms with Gasteiger partial charge < -0.3 is 20.5 Å². The van der Waals surface area contributed by atoms with E-state index in [1.807, 2.05) is 12.1 Å². The van der Waals surface area contributed by atoms with Gasteiger partial charge in [0.05, 0.1) is 24.9 Å². The first kappa shape index (κ1) is 13.9. The summed E-state index contributed by atoms with van der Waals surface area (Å²) >= 11 is 0. The van der Waals surface area contributed by atoms with Crippen molar-refractivity contribution in [2.45, 2.75) is 32.7 Å². The highest BCUT2D eigenvalue weighted by molar-refractivity contribution is 5.53. The number of nitrogens with one attached hydrogen (secondary N) is 1. The summed E-state index contributed by atoms with van der Waals surface area (Å²) in [6.45, 7) is 6.40. The Morgan fingerprint density at radius 2 is 2.37 bits per heavy atom. The summed E-state index contributed by atoms with van der Waals surface area (Å²) in [5.74, 6) is 1.75. The molecule has 0 saturated carbocycles. The Balaban J connectivity index is 1.98. The summed E-state index contributed by atoms with van der Waals surface area (Å²) in [5, 5.41) is 3.36. The van der Waals surface area contributed by atoms with Gasteiger partial charge in [-0.2, -0.15) is 4.98 Å². The third-order valence-electron chi connectivity index (χ3n) is 2.96. The van der Waals surface area contributed by atoms with Crippen LogP contribution in [0.5, 0.6) is 5.88 Å². The molecular weight excluding hydrogens is 242 g/mol. The van der Waals surface area contributed by atoms with Gasteiger partial charge in [-0.1, -0.05) is 13.8 Å². The Morgan fingerprint density at radius 1 is 1.53 bits per heavy atom. The van der Waals surface area contributed by atoms with Gasteiger partial charge in [0.1, 0.15) is 5.82 Å². The molecule has 1 aliphatic heterocycles. The van der Waals surface area contributed by atoms with E-state index in [9.17, 15) is 0 Å². The molecule has 19 heavy (non-hydrogen) atoms. The first-order valence-electron chi connectivity index (χ1n) is 6.88. The summed E-state index contributed by atoms with van der Waals surface area (Å²) in [7, 11) is 0. The number of aromatic nitrogens is 1. The number of ether oxygens (including phenoxy) is 2. The minimum Gasteiger partial charge on any atom is -0.476 e. The van der Waals surface area contributed by atoms with Crippen molar-refractivity contribution < 1.29 is 9.47 Å². The molecule has 1 aliphatic rings. The lowest BCUT2D eigenvalue weighted by atomic mass is 10.1. The molecule has 1 fully saturated rings. The van der Waals surface area contributed by atoms with Gasteiger partial charge in [-0.15, -0.1) is 0 Å². The maximum atomic E-state index is 5.87. The van der Waals surface area contributed by atoms with Crippen LogP contribution < -0.4 is 15.8 Å². The second-order valence-electron chi connectivity index (χ2n) is 5.35. The maximum Gasteiger partial charge on any atom is 0.239 e. The van der Waals surface area contributed by atoms with E-state index in [4.69, 9.17) is 15.2 Å². The van der Waals surface area contributed by atoms with Gasteiger partial charge in [-0.05, 0) is 30.9 Å². The van der Waals surface area contributed by atoms with Crippen LogP contribution in [-0.4, -0.2) is 30.8 Å². The quantitative estimate of drug-likeness (QED) is 0.855. The first-order chi connectivity index (χ1) is 9.15. The number of hydrogen-bond acceptors (Lipinski definition) is 5. The summed E-state index contributed by atoms with van der Waals surface area (Å²) in [6, 6.07) is 4.03. The van der Waals surface area contributed by atoms with Gasteiger partial charge in [0.25, 0.3) is 0 Å². The number of hydrogen-bond donors (Lipinski definition) is 2. The van der Waals surface area contributed by atoms with Crippen LogP contribution in [-0.2, 0) is 4.74 Å². The van der Waals surface area contributed by atoms with Crippen molar-refractivity contribution in [3.63, 3.8) is 0 Å². The highest BCUT2D eigenvalue weighted by Crippen LogP contribution is 2.22. The molecule has 2 rings (SSSR count). The van der Waals surface area contributed by atoms with Gasteiger partial charge >= 0.3 is 0 Å². The van der Waals surface area contributed by atoms with Gasteiger partial charge in [0, 0.05) is 6.61 Å². The lowest BCUT2D eigenvalue weighted by Gasteiger charge is -2.23. The molecule has 1 unspecified atom stereocenters. The molecule has 106 valence electrons. The zero-order valence-electron chi connectivity index (χ0n) is 11.7. The third-order valence-corrected chi connectivity index (χ3v) is 2.96. The van der Waals surface area contributed by atoms with E-state index < -0.39 is 0 Å². The molecule has 0 aromatic carbocycles. The van der Waals surface area contributed by atoms with E-state index in [1.54, 1.807) is 0 Å². The Hall–Kier alpha value is -1.49. The van der Waals surface area contributed by atoms with E-state index in [0.29, 0.717) is 30.1 Å². The molecule has 0 radical (unpaired) electrons. The van der Waals surface area contributed by atoms with E-state index in [0.717, 1.165) is 31.9 Å². The topological polar surface area (TPSA) is 69.4 Å². The average Bonchev–Trinajstić information content (AvgIpc) is 2.40. The number of rotatable bonds is 5. The van der Waals surface area contributed by atoms with Crippen molar-refractivity contribution in [3.05, 3.63) is 12.1 Å². The molecule has 0 spiro atoms. The van der Waals surface area contributed by atoms with Crippen molar-refractivity contribution in [3.8, 4) is 5.88 Å². The Morgan fingerprint density at radius 3 is 3.05 bits per heavy atom. The van der Waals surface area contributed by atoms with Crippen LogP contribution in [0.25, 0.3) is 0 Å². The van der Waals surface area contributed by atoms with Gasteiger partial charge in [-0.3, -0.25) is 0 Å². The van der Waals surface area contributed by atoms with Gasteiger partial charge in [0.15, 0.2) is 0 Å². The Kier molecular flexibility index (Phi) is 4.85. The SMILES string of the molecule is CC(C)COc1nc(NC2CCCOC2)ccc1N. The molecule has 0 amide bonds. The maximum absolute atomic E-state index is 5.87. The average molecular weight is 265 g/mol. The molecule has 3 N–H and O–H groups in total. The summed E-state index contributed by atoms with van der Waals surface area (Å²) < 4.78 is 11.1. The van der Waals surface area contributed by atoms with E-state index >= 15 is 0 Å². The first-order valence-corrected chi connectivity index (χ1v) is 6.88. The Labute approximate surface area is 114 Å². The minimum atomic E-state index is 0.322. The van der Waals surface area contributed by atoms with Crippen LogP contribution in [0.3, 0.4) is 0 Å². The van der Waals surface area contributed by atoms with Crippen molar-refractivity contribution in [1.82, 2.24) is 4.98 Å². The molecule has 5 heteroatoms. The van der Waals surface area contributed by atoms with Crippen molar-refractivity contribution >= 4 is 11.5 Å². The normalized spacial score (nSPS) is 19.4. The lowest BCUT2D eigenvalue weighted by molar-refractivity contribution is 0.0875. The molecule has 2 heterocycles. The molecule has 1 aromatic heterocycles. The standard InChI is InChI=1S/C14H23N3O2/c1-10(2)8-19-14-12(15)5-6-13(17-14)16-11-4-3-7-18-9-11/h5-6,10-11H,3-4,7-9,15H2,1-2H3,(H,16,17). The molecule has 1 atom stereocenters. The fraction of sp³-hybridized carbons (Fsp3) is 0.643. The molecule has 5 nitrogen and oxygen atoms in total. The molecular formula is C14H23N3O2. The molecule has 0 bridgehead atoms. The number of pyridine rings is 1. The van der Waals surface area contributed by atoms with Crippen LogP contribution >= 0.6 is 0 Å². The Bertz CT molecular complexity index is 404. The largest absolute Gasteiger partial charge is 0.476 e.